The third-order valence-corrected chi connectivity index (χ3v) is 5.02. The lowest BCUT2D eigenvalue weighted by atomic mass is 10.1. The van der Waals surface area contributed by atoms with Gasteiger partial charge in [0.1, 0.15) is 0 Å². The van der Waals surface area contributed by atoms with Crippen molar-refractivity contribution in [2.45, 2.75) is 23.8 Å². The molecule has 7 heteroatoms. The molecule has 0 saturated carbocycles. The van der Waals surface area contributed by atoms with Crippen LogP contribution >= 0.6 is 0 Å². The number of piperidine rings is 1. The van der Waals surface area contributed by atoms with E-state index in [1.54, 1.807) is 0 Å². The number of nitrogens with zero attached hydrogens (tertiary/aromatic N) is 1. The highest BCUT2D eigenvalue weighted by Crippen LogP contribution is 2.21. The van der Waals surface area contributed by atoms with Crippen LogP contribution in [0.5, 0.6) is 0 Å². The molecule has 0 aromatic heterocycles. The number of hydrogen-bond donors (Lipinski definition) is 2. The first kappa shape index (κ1) is 14.0. The molecule has 1 aromatic carbocycles. The summed E-state index contributed by atoms with van der Waals surface area (Å²) < 4.78 is 25.9. The van der Waals surface area contributed by atoms with E-state index in [1.165, 1.54) is 28.6 Å². The van der Waals surface area contributed by atoms with Crippen molar-refractivity contribution in [1.29, 1.82) is 0 Å². The van der Waals surface area contributed by atoms with Crippen LogP contribution in [0, 0.1) is 0 Å². The number of primary amides is 1. The van der Waals surface area contributed by atoms with Crippen LogP contribution in [0.15, 0.2) is 29.2 Å². The second kappa shape index (κ2) is 5.28. The summed E-state index contributed by atoms with van der Waals surface area (Å²) in [6.07, 6.45) is 0.639. The van der Waals surface area contributed by atoms with Crippen molar-refractivity contribution in [3.8, 4) is 0 Å². The molecule has 2 rings (SSSR count). The average Bonchev–Trinajstić information content (AvgIpc) is 2.39. The average molecular weight is 284 g/mol. The molecular weight excluding hydrogens is 268 g/mol. The normalized spacial score (nSPS) is 21.2. The van der Waals surface area contributed by atoms with Gasteiger partial charge in [0.15, 0.2) is 0 Å². The zero-order valence-electron chi connectivity index (χ0n) is 10.3. The number of nitrogens with two attached hydrogens (primary N) is 1. The highest BCUT2D eigenvalue weighted by Gasteiger charge is 2.29. The number of rotatable bonds is 3. The lowest BCUT2D eigenvalue weighted by Gasteiger charge is -2.29. The molecule has 0 bridgehead atoms. The second-order valence-corrected chi connectivity index (χ2v) is 6.49. The number of carbonyl (C=O) groups is 1. The van der Waals surface area contributed by atoms with Gasteiger partial charge in [-0.05, 0) is 37.1 Å². The zero-order valence-corrected chi connectivity index (χ0v) is 11.1. The Labute approximate surface area is 111 Å². The molecule has 1 aromatic rings. The number of amides is 1. The van der Waals surface area contributed by atoms with Crippen molar-refractivity contribution in [3.63, 3.8) is 0 Å². The molecule has 0 radical (unpaired) electrons. The van der Waals surface area contributed by atoms with E-state index in [0.29, 0.717) is 19.4 Å². The number of hydrogen-bond acceptors (Lipinski definition) is 4. The maximum Gasteiger partial charge on any atom is 0.248 e. The number of β-amino-alcohol motifs (C(OH)–C–C–N with tert-alkyl or cyclic N) is 1. The van der Waals surface area contributed by atoms with E-state index < -0.39 is 22.0 Å². The third-order valence-electron chi connectivity index (χ3n) is 3.14. The molecule has 1 saturated heterocycles. The van der Waals surface area contributed by atoms with Gasteiger partial charge in [-0.1, -0.05) is 0 Å². The Balaban J connectivity index is 2.26. The fraction of sp³-hybridized carbons (Fsp3) is 0.417. The Kier molecular flexibility index (Phi) is 3.88. The maximum atomic E-state index is 12.3. The summed E-state index contributed by atoms with van der Waals surface area (Å²) in [6, 6.07) is 5.48. The largest absolute Gasteiger partial charge is 0.392 e. The van der Waals surface area contributed by atoms with Gasteiger partial charge in [-0.15, -0.1) is 0 Å². The van der Waals surface area contributed by atoms with Crippen molar-refractivity contribution in [2.75, 3.05) is 13.1 Å². The number of sulfonamides is 1. The van der Waals surface area contributed by atoms with Gasteiger partial charge < -0.3 is 10.8 Å². The maximum absolute atomic E-state index is 12.3. The van der Waals surface area contributed by atoms with Crippen LogP contribution in [0.1, 0.15) is 23.2 Å². The molecule has 0 aliphatic carbocycles. The van der Waals surface area contributed by atoms with Gasteiger partial charge >= 0.3 is 0 Å². The number of carbonyl (C=O) groups excluding carboxylic acids is 1. The summed E-state index contributed by atoms with van der Waals surface area (Å²) in [5, 5.41) is 9.54. The van der Waals surface area contributed by atoms with E-state index in [-0.39, 0.29) is 17.0 Å². The lowest BCUT2D eigenvalue weighted by molar-refractivity contribution is 0.1000. The predicted octanol–water partition coefficient (Wildman–Crippen LogP) is -0.0691. The van der Waals surface area contributed by atoms with E-state index in [4.69, 9.17) is 5.73 Å². The Morgan fingerprint density at radius 1 is 1.32 bits per heavy atom. The molecule has 1 atom stereocenters. The highest BCUT2D eigenvalue weighted by atomic mass is 32.2. The van der Waals surface area contributed by atoms with Crippen molar-refractivity contribution >= 4 is 15.9 Å². The standard InChI is InChI=1S/C12H16N2O4S/c13-12(16)9-3-5-11(6-4-9)19(17,18)14-7-1-2-10(15)8-14/h3-6,10,15H,1-2,7-8H2,(H2,13,16)/t10-/m0/s1. The Morgan fingerprint density at radius 2 is 1.95 bits per heavy atom. The first-order valence-corrected chi connectivity index (χ1v) is 7.43. The summed E-state index contributed by atoms with van der Waals surface area (Å²) in [7, 11) is -3.62. The van der Waals surface area contributed by atoms with E-state index in [0.717, 1.165) is 0 Å². The first-order chi connectivity index (χ1) is 8.91. The smallest absolute Gasteiger partial charge is 0.248 e. The summed E-state index contributed by atoms with van der Waals surface area (Å²) in [6.45, 7) is 0.511. The van der Waals surface area contributed by atoms with Gasteiger partial charge in [-0.2, -0.15) is 4.31 Å². The van der Waals surface area contributed by atoms with Gasteiger partial charge in [-0.3, -0.25) is 4.79 Å². The van der Waals surface area contributed by atoms with Gasteiger partial charge in [-0.25, -0.2) is 8.42 Å². The summed E-state index contributed by atoms with van der Waals surface area (Å²) >= 11 is 0. The minimum atomic E-state index is -3.62. The molecule has 1 aliphatic rings. The van der Waals surface area contributed by atoms with Gasteiger partial charge in [0.2, 0.25) is 15.9 Å². The summed E-state index contributed by atoms with van der Waals surface area (Å²) in [4.78, 5) is 11.0. The van der Waals surface area contributed by atoms with Crippen molar-refractivity contribution in [2.24, 2.45) is 5.73 Å². The fourth-order valence-corrected chi connectivity index (χ4v) is 3.60. The molecule has 1 amide bonds. The number of aliphatic hydroxyl groups excluding tert-OH is 1. The Morgan fingerprint density at radius 3 is 2.47 bits per heavy atom. The van der Waals surface area contributed by atoms with Crippen LogP contribution in [-0.2, 0) is 10.0 Å². The Hall–Kier alpha value is -1.44. The first-order valence-electron chi connectivity index (χ1n) is 5.99. The molecule has 104 valence electrons. The molecule has 0 unspecified atom stereocenters. The van der Waals surface area contributed by atoms with Crippen molar-refractivity contribution in [3.05, 3.63) is 29.8 Å². The lowest BCUT2D eigenvalue weighted by Crippen LogP contribution is -2.42. The molecular formula is C12H16N2O4S. The molecule has 1 fully saturated rings. The van der Waals surface area contributed by atoms with Crippen LogP contribution in [-0.4, -0.2) is 42.9 Å². The quantitative estimate of drug-likeness (QED) is 0.811. The van der Waals surface area contributed by atoms with Crippen LogP contribution in [0.3, 0.4) is 0 Å². The van der Waals surface area contributed by atoms with Crippen LogP contribution < -0.4 is 5.73 Å². The monoisotopic (exact) mass is 284 g/mol. The van der Waals surface area contributed by atoms with E-state index >= 15 is 0 Å². The topological polar surface area (TPSA) is 101 Å². The van der Waals surface area contributed by atoms with Gasteiger partial charge in [0.05, 0.1) is 11.0 Å². The predicted molar refractivity (Wildman–Crippen MR) is 69.0 cm³/mol. The fourth-order valence-electron chi connectivity index (χ4n) is 2.08. The molecule has 1 aliphatic heterocycles. The molecule has 19 heavy (non-hydrogen) atoms. The van der Waals surface area contributed by atoms with Crippen molar-refractivity contribution < 1.29 is 18.3 Å². The minimum Gasteiger partial charge on any atom is -0.392 e. The van der Waals surface area contributed by atoms with Gasteiger partial charge in [0.25, 0.3) is 0 Å². The zero-order chi connectivity index (χ0) is 14.0. The van der Waals surface area contributed by atoms with Crippen molar-refractivity contribution in [1.82, 2.24) is 4.31 Å². The molecule has 3 N–H and O–H groups in total. The minimum absolute atomic E-state index is 0.103. The number of aliphatic hydroxyl groups is 1. The van der Waals surface area contributed by atoms with Crippen LogP contribution in [0.25, 0.3) is 0 Å². The van der Waals surface area contributed by atoms with E-state index in [1.807, 2.05) is 0 Å². The summed E-state index contributed by atoms with van der Waals surface area (Å²) in [5.74, 6) is -0.600. The van der Waals surface area contributed by atoms with Gasteiger partial charge in [0, 0.05) is 18.7 Å². The molecule has 0 spiro atoms. The number of benzene rings is 1. The SMILES string of the molecule is NC(=O)c1ccc(S(=O)(=O)N2CCC[C@H](O)C2)cc1. The molecule has 1 heterocycles. The van der Waals surface area contributed by atoms with E-state index in [9.17, 15) is 18.3 Å². The van der Waals surface area contributed by atoms with E-state index in [2.05, 4.69) is 0 Å². The third kappa shape index (κ3) is 2.94. The molecule has 6 nitrogen and oxygen atoms in total. The Bertz CT molecular complexity index is 568. The highest BCUT2D eigenvalue weighted by molar-refractivity contribution is 7.89. The summed E-state index contributed by atoms with van der Waals surface area (Å²) in [5.41, 5.74) is 5.36. The van der Waals surface area contributed by atoms with Crippen LogP contribution in [0.4, 0.5) is 0 Å². The van der Waals surface area contributed by atoms with Crippen LogP contribution in [0.2, 0.25) is 0 Å². The second-order valence-electron chi connectivity index (χ2n) is 4.55.